The highest BCUT2D eigenvalue weighted by atomic mass is 35.5. The van der Waals surface area contributed by atoms with Crippen LogP contribution in [0.2, 0.25) is 5.02 Å². The lowest BCUT2D eigenvalue weighted by Gasteiger charge is -2.36. The van der Waals surface area contributed by atoms with E-state index in [0.717, 1.165) is 50.7 Å². The fourth-order valence-electron chi connectivity index (χ4n) is 3.20. The predicted molar refractivity (Wildman–Crippen MR) is 112 cm³/mol. The molecule has 0 aromatic heterocycles. The van der Waals surface area contributed by atoms with Gasteiger partial charge in [-0.05, 0) is 38.0 Å². The molecule has 154 valence electrons. The Morgan fingerprint density at radius 2 is 2.07 bits per heavy atom. The fourth-order valence-corrected chi connectivity index (χ4v) is 3.38. The van der Waals surface area contributed by atoms with Crippen LogP contribution in [0.1, 0.15) is 19.8 Å². The van der Waals surface area contributed by atoms with Gasteiger partial charge in [-0.15, -0.1) is 0 Å². The molecule has 2 N–H and O–H groups in total. The zero-order valence-corrected chi connectivity index (χ0v) is 17.4. The van der Waals surface area contributed by atoms with Gasteiger partial charge in [0.05, 0.1) is 13.1 Å². The number of carbonyl (C=O) groups excluding carboxylic acids is 1. The maximum Gasteiger partial charge on any atom is 0.234 e. The Labute approximate surface area is 172 Å². The second-order valence-corrected chi connectivity index (χ2v) is 7.86. The van der Waals surface area contributed by atoms with E-state index in [4.69, 9.17) is 16.3 Å². The lowest BCUT2D eigenvalue weighted by molar-refractivity contribution is -0.122. The van der Waals surface area contributed by atoms with Crippen molar-refractivity contribution in [2.24, 2.45) is 4.99 Å². The summed E-state index contributed by atoms with van der Waals surface area (Å²) in [4.78, 5) is 20.8. The summed E-state index contributed by atoms with van der Waals surface area (Å²) in [5.74, 6) is 1.77. The van der Waals surface area contributed by atoms with Gasteiger partial charge in [0.15, 0.2) is 5.96 Å². The quantitative estimate of drug-likeness (QED) is 0.530. The molecule has 1 saturated heterocycles. The summed E-state index contributed by atoms with van der Waals surface area (Å²) in [5, 5.41) is 7.10. The number of aliphatic imine (C=N–C) groups is 1. The van der Waals surface area contributed by atoms with Crippen LogP contribution in [0.5, 0.6) is 5.75 Å². The highest BCUT2D eigenvalue weighted by Gasteiger charge is 2.26. The second-order valence-electron chi connectivity index (χ2n) is 7.42. The van der Waals surface area contributed by atoms with E-state index in [1.165, 1.54) is 0 Å². The molecule has 2 aliphatic rings. The molecule has 1 aromatic rings. The van der Waals surface area contributed by atoms with Crippen molar-refractivity contribution in [3.05, 3.63) is 29.3 Å². The Kier molecular flexibility index (Phi) is 7.39. The first kappa shape index (κ1) is 20.7. The van der Waals surface area contributed by atoms with E-state index >= 15 is 0 Å². The monoisotopic (exact) mass is 407 g/mol. The van der Waals surface area contributed by atoms with Crippen molar-refractivity contribution in [2.45, 2.75) is 31.9 Å². The molecule has 7 nitrogen and oxygen atoms in total. The third-order valence-electron chi connectivity index (χ3n) is 4.87. The van der Waals surface area contributed by atoms with Crippen LogP contribution >= 0.6 is 11.6 Å². The minimum absolute atomic E-state index is 0.0253. The summed E-state index contributed by atoms with van der Waals surface area (Å²) in [5.41, 5.74) is 0. The van der Waals surface area contributed by atoms with Crippen LogP contribution in [-0.4, -0.2) is 80.1 Å². The number of piperazine rings is 1. The molecule has 1 amide bonds. The van der Waals surface area contributed by atoms with E-state index < -0.39 is 0 Å². The Bertz CT molecular complexity index is 687. The second kappa shape index (κ2) is 9.98. The Balaban J connectivity index is 1.38. The zero-order chi connectivity index (χ0) is 19.9. The summed E-state index contributed by atoms with van der Waals surface area (Å²) < 4.78 is 5.90. The van der Waals surface area contributed by atoms with Crippen LogP contribution in [0, 0.1) is 0 Å². The van der Waals surface area contributed by atoms with Crippen molar-refractivity contribution in [3.63, 3.8) is 0 Å². The summed E-state index contributed by atoms with van der Waals surface area (Å²) in [6.07, 6.45) is 2.23. The number of ether oxygens (including phenoxy) is 1. The Hall–Kier alpha value is -1.99. The predicted octanol–water partition coefficient (Wildman–Crippen LogP) is 1.58. The van der Waals surface area contributed by atoms with Gasteiger partial charge in [0, 0.05) is 44.3 Å². The van der Waals surface area contributed by atoms with Gasteiger partial charge in [0.1, 0.15) is 11.9 Å². The van der Waals surface area contributed by atoms with E-state index in [1.807, 2.05) is 31.2 Å². The molecular weight excluding hydrogens is 378 g/mol. The number of hydrogen-bond donors (Lipinski definition) is 2. The van der Waals surface area contributed by atoms with Crippen molar-refractivity contribution >= 4 is 23.5 Å². The maximum atomic E-state index is 12.0. The Morgan fingerprint density at radius 1 is 1.32 bits per heavy atom. The number of benzene rings is 1. The molecular formula is C20H30ClN5O2. The number of carbonyl (C=O) groups is 1. The first-order chi connectivity index (χ1) is 13.5. The first-order valence-electron chi connectivity index (χ1n) is 9.93. The van der Waals surface area contributed by atoms with E-state index in [9.17, 15) is 4.79 Å². The van der Waals surface area contributed by atoms with E-state index in [-0.39, 0.29) is 12.0 Å². The van der Waals surface area contributed by atoms with Gasteiger partial charge in [0.2, 0.25) is 5.91 Å². The lowest BCUT2D eigenvalue weighted by atomic mass is 10.3. The van der Waals surface area contributed by atoms with Crippen molar-refractivity contribution in [1.82, 2.24) is 20.4 Å². The molecule has 8 heteroatoms. The van der Waals surface area contributed by atoms with Crippen molar-refractivity contribution in [2.75, 3.05) is 46.3 Å². The number of nitrogens with one attached hydrogen (secondary N) is 2. The normalized spacial score (nSPS) is 19.2. The van der Waals surface area contributed by atoms with Crippen LogP contribution in [0.3, 0.4) is 0 Å². The van der Waals surface area contributed by atoms with Gasteiger partial charge in [-0.3, -0.25) is 14.7 Å². The van der Waals surface area contributed by atoms with Crippen LogP contribution in [-0.2, 0) is 4.79 Å². The highest BCUT2D eigenvalue weighted by molar-refractivity contribution is 6.30. The van der Waals surface area contributed by atoms with Gasteiger partial charge in [-0.1, -0.05) is 17.7 Å². The summed E-state index contributed by atoms with van der Waals surface area (Å²) >= 11 is 6.00. The molecule has 28 heavy (non-hydrogen) atoms. The summed E-state index contributed by atoms with van der Waals surface area (Å²) in [6.45, 7) is 6.54. The summed E-state index contributed by atoms with van der Waals surface area (Å²) in [6, 6.07) is 7.84. The number of hydrogen-bond acceptors (Lipinski definition) is 4. The molecule has 1 unspecified atom stereocenters. The maximum absolute atomic E-state index is 12.0. The van der Waals surface area contributed by atoms with E-state index in [2.05, 4.69) is 25.4 Å². The number of rotatable bonds is 7. The molecule has 0 bridgehead atoms. The van der Waals surface area contributed by atoms with Crippen LogP contribution in [0.15, 0.2) is 29.3 Å². The molecule has 1 aliphatic heterocycles. The number of guanidine groups is 1. The molecule has 3 rings (SSSR count). The standard InChI is InChI=1S/C20H30ClN5O2/c1-15(28-18-5-3-4-16(21)12-18)13-23-20(22-2)26-10-8-25(9-11-26)14-19(27)24-17-6-7-17/h3-5,12,15,17H,6-11,13-14H2,1-2H3,(H,22,23)(H,24,27). The lowest BCUT2D eigenvalue weighted by Crippen LogP contribution is -2.54. The molecule has 1 atom stereocenters. The van der Waals surface area contributed by atoms with Crippen molar-refractivity contribution < 1.29 is 9.53 Å². The Morgan fingerprint density at radius 3 is 2.71 bits per heavy atom. The average molecular weight is 408 g/mol. The first-order valence-corrected chi connectivity index (χ1v) is 10.3. The number of amides is 1. The molecule has 1 heterocycles. The molecule has 1 aromatic carbocycles. The van der Waals surface area contributed by atoms with Crippen LogP contribution in [0.4, 0.5) is 0 Å². The minimum Gasteiger partial charge on any atom is -0.489 e. The van der Waals surface area contributed by atoms with Gasteiger partial charge in [-0.2, -0.15) is 0 Å². The molecule has 1 aliphatic carbocycles. The largest absolute Gasteiger partial charge is 0.489 e. The molecule has 1 saturated carbocycles. The van der Waals surface area contributed by atoms with Gasteiger partial charge >= 0.3 is 0 Å². The van der Waals surface area contributed by atoms with E-state index in [1.54, 1.807) is 7.05 Å². The third kappa shape index (κ3) is 6.56. The summed E-state index contributed by atoms with van der Waals surface area (Å²) in [7, 11) is 1.79. The van der Waals surface area contributed by atoms with E-state index in [0.29, 0.717) is 24.2 Å². The van der Waals surface area contributed by atoms with Crippen LogP contribution in [0.25, 0.3) is 0 Å². The third-order valence-corrected chi connectivity index (χ3v) is 5.11. The topological polar surface area (TPSA) is 69.2 Å². The zero-order valence-electron chi connectivity index (χ0n) is 16.7. The fraction of sp³-hybridized carbons (Fsp3) is 0.600. The molecule has 0 spiro atoms. The molecule has 2 fully saturated rings. The van der Waals surface area contributed by atoms with Gasteiger partial charge in [-0.25, -0.2) is 0 Å². The van der Waals surface area contributed by atoms with Crippen molar-refractivity contribution in [1.29, 1.82) is 0 Å². The van der Waals surface area contributed by atoms with Crippen molar-refractivity contribution in [3.8, 4) is 5.75 Å². The smallest absolute Gasteiger partial charge is 0.234 e. The number of nitrogens with zero attached hydrogens (tertiary/aromatic N) is 3. The SMILES string of the molecule is CN=C(NCC(C)Oc1cccc(Cl)c1)N1CCN(CC(=O)NC2CC2)CC1. The van der Waals surface area contributed by atoms with Gasteiger partial charge < -0.3 is 20.3 Å². The van der Waals surface area contributed by atoms with Gasteiger partial charge in [0.25, 0.3) is 0 Å². The number of halogens is 1. The average Bonchev–Trinajstić information content (AvgIpc) is 3.47. The highest BCUT2D eigenvalue weighted by Crippen LogP contribution is 2.19. The van der Waals surface area contributed by atoms with Crippen LogP contribution < -0.4 is 15.4 Å². The molecule has 0 radical (unpaired) electrons. The minimum atomic E-state index is -0.0253.